The molecule has 1 aromatic heterocycles. The molecule has 2 aliphatic rings. The lowest BCUT2D eigenvalue weighted by Crippen LogP contribution is -2.48. The Kier molecular flexibility index (Phi) is 5.16. The molecule has 2 saturated heterocycles. The summed E-state index contributed by atoms with van der Waals surface area (Å²) in [6, 6.07) is 6.22. The van der Waals surface area contributed by atoms with Gasteiger partial charge in [-0.2, -0.15) is 0 Å². The second kappa shape index (κ2) is 7.58. The number of halogens is 1. The Bertz CT molecular complexity index is 818. The Hall–Kier alpha value is -1.96. The Morgan fingerprint density at radius 3 is 2.81 bits per heavy atom. The molecule has 7 heteroatoms. The fraction of sp³-hybridized carbons (Fsp3) is 0.550. The number of fused-ring (bicyclic) bond motifs is 1. The number of hydrogen-bond donors (Lipinski definition) is 2. The van der Waals surface area contributed by atoms with Crippen LogP contribution in [-0.4, -0.2) is 77.3 Å². The first kappa shape index (κ1) is 18.4. The number of nitrogens with zero attached hydrogens (tertiary/aromatic N) is 2. The van der Waals surface area contributed by atoms with Gasteiger partial charge in [0.2, 0.25) is 0 Å². The van der Waals surface area contributed by atoms with Crippen molar-refractivity contribution in [1.82, 2.24) is 14.8 Å². The molecule has 2 aromatic rings. The smallest absolute Gasteiger partial charge is 0.270 e. The van der Waals surface area contributed by atoms with Gasteiger partial charge in [0.25, 0.3) is 5.91 Å². The van der Waals surface area contributed by atoms with Gasteiger partial charge in [-0.05, 0) is 43.5 Å². The van der Waals surface area contributed by atoms with E-state index in [9.17, 15) is 14.3 Å². The highest BCUT2D eigenvalue weighted by Crippen LogP contribution is 2.25. The van der Waals surface area contributed by atoms with Crippen LogP contribution in [0.2, 0.25) is 0 Å². The van der Waals surface area contributed by atoms with E-state index >= 15 is 0 Å². The van der Waals surface area contributed by atoms with Gasteiger partial charge in [-0.3, -0.25) is 9.69 Å². The average Bonchev–Trinajstić information content (AvgIpc) is 2.98. The third-order valence-electron chi connectivity index (χ3n) is 5.64. The second-order valence-electron chi connectivity index (χ2n) is 7.67. The Morgan fingerprint density at radius 2 is 2.00 bits per heavy atom. The molecule has 1 aromatic carbocycles. The molecule has 2 aliphatic heterocycles. The van der Waals surface area contributed by atoms with Crippen LogP contribution in [0.1, 0.15) is 29.8 Å². The van der Waals surface area contributed by atoms with E-state index in [1.807, 2.05) is 0 Å². The maximum absolute atomic E-state index is 13.4. The van der Waals surface area contributed by atoms with Crippen LogP contribution in [0.25, 0.3) is 10.9 Å². The highest BCUT2D eigenvalue weighted by atomic mass is 19.1. The van der Waals surface area contributed by atoms with Crippen molar-refractivity contribution < 1.29 is 19.0 Å². The minimum absolute atomic E-state index is 0.0952. The zero-order valence-corrected chi connectivity index (χ0v) is 15.4. The molecular weight excluding hydrogens is 349 g/mol. The summed E-state index contributed by atoms with van der Waals surface area (Å²) in [4.78, 5) is 20.0. The van der Waals surface area contributed by atoms with Gasteiger partial charge in [-0.1, -0.05) is 0 Å². The second-order valence-corrected chi connectivity index (χ2v) is 7.67. The highest BCUT2D eigenvalue weighted by Gasteiger charge is 2.34. The molecule has 4 rings (SSSR count). The number of likely N-dealkylation sites (tertiary alicyclic amines) is 1. The van der Waals surface area contributed by atoms with Gasteiger partial charge >= 0.3 is 0 Å². The normalized spacial score (nSPS) is 24.9. The summed E-state index contributed by atoms with van der Waals surface area (Å²) in [6.45, 7) is 4.87. The lowest BCUT2D eigenvalue weighted by molar-refractivity contribution is -0.0389. The van der Waals surface area contributed by atoms with Gasteiger partial charge in [0.15, 0.2) is 0 Å². The number of morpholine rings is 1. The van der Waals surface area contributed by atoms with Crippen molar-refractivity contribution in [2.75, 3.05) is 45.9 Å². The van der Waals surface area contributed by atoms with Crippen LogP contribution in [-0.2, 0) is 4.74 Å². The van der Waals surface area contributed by atoms with Gasteiger partial charge < -0.3 is 19.7 Å². The number of H-pyrrole nitrogens is 1. The third-order valence-corrected chi connectivity index (χ3v) is 5.64. The maximum Gasteiger partial charge on any atom is 0.270 e. The first-order valence-corrected chi connectivity index (χ1v) is 9.62. The fourth-order valence-corrected chi connectivity index (χ4v) is 4.10. The van der Waals surface area contributed by atoms with Crippen LogP contribution >= 0.6 is 0 Å². The van der Waals surface area contributed by atoms with Gasteiger partial charge in [0, 0.05) is 43.6 Å². The molecule has 6 nitrogen and oxygen atoms in total. The number of amides is 1. The Morgan fingerprint density at radius 1 is 1.19 bits per heavy atom. The predicted octanol–water partition coefficient (Wildman–Crippen LogP) is 2.00. The molecule has 0 saturated carbocycles. The average molecular weight is 375 g/mol. The van der Waals surface area contributed by atoms with Crippen molar-refractivity contribution in [3.05, 3.63) is 35.8 Å². The van der Waals surface area contributed by atoms with E-state index in [4.69, 9.17) is 4.74 Å². The minimum Gasteiger partial charge on any atom is -0.388 e. The van der Waals surface area contributed by atoms with E-state index in [0.717, 1.165) is 24.9 Å². The highest BCUT2D eigenvalue weighted by molar-refractivity contribution is 5.98. The fourth-order valence-electron chi connectivity index (χ4n) is 4.10. The van der Waals surface area contributed by atoms with Crippen LogP contribution < -0.4 is 0 Å². The molecular formula is C20H26FN3O3. The molecule has 0 bridgehead atoms. The molecule has 2 N–H and O–H groups in total. The zero-order valence-electron chi connectivity index (χ0n) is 15.4. The number of rotatable bonds is 3. The van der Waals surface area contributed by atoms with Crippen LogP contribution in [0.15, 0.2) is 24.3 Å². The molecule has 2 fully saturated rings. The number of carbonyl (C=O) groups excluding carboxylic acids is 1. The van der Waals surface area contributed by atoms with E-state index < -0.39 is 5.60 Å². The van der Waals surface area contributed by atoms with Crippen molar-refractivity contribution in [3.63, 3.8) is 0 Å². The largest absolute Gasteiger partial charge is 0.388 e. The standard InChI is InChI=1S/C20H26FN3O3/c21-16-3-2-15-12-18(22-17(15)13-16)19(25)24-6-1-4-20(26,5-7-24)14-23-8-10-27-11-9-23/h2-3,12-13,22,26H,1,4-11,14H2/t20-/m1/s1. The van der Waals surface area contributed by atoms with E-state index in [1.165, 1.54) is 12.1 Å². The van der Waals surface area contributed by atoms with Gasteiger partial charge in [0.1, 0.15) is 11.5 Å². The van der Waals surface area contributed by atoms with Crippen LogP contribution in [0.3, 0.4) is 0 Å². The van der Waals surface area contributed by atoms with E-state index in [2.05, 4.69) is 9.88 Å². The molecule has 0 aliphatic carbocycles. The molecule has 0 spiro atoms. The topological polar surface area (TPSA) is 68.8 Å². The quantitative estimate of drug-likeness (QED) is 0.861. The molecule has 0 unspecified atom stereocenters. The zero-order chi connectivity index (χ0) is 18.9. The number of aromatic nitrogens is 1. The lowest BCUT2D eigenvalue weighted by Gasteiger charge is -2.35. The third kappa shape index (κ3) is 4.15. The van der Waals surface area contributed by atoms with Gasteiger partial charge in [-0.25, -0.2) is 4.39 Å². The molecule has 0 radical (unpaired) electrons. The Balaban J connectivity index is 1.42. The minimum atomic E-state index is -0.768. The van der Waals surface area contributed by atoms with Crippen LogP contribution in [0, 0.1) is 5.82 Å². The van der Waals surface area contributed by atoms with Crippen molar-refractivity contribution in [2.24, 2.45) is 0 Å². The van der Waals surface area contributed by atoms with E-state index in [1.54, 1.807) is 17.0 Å². The number of β-amino-alcohol motifs (C(OH)–C–C–N with tert-alkyl or cyclic N) is 1. The maximum atomic E-state index is 13.4. The summed E-state index contributed by atoms with van der Waals surface area (Å²) in [6.07, 6.45) is 2.01. The van der Waals surface area contributed by atoms with Crippen molar-refractivity contribution in [1.29, 1.82) is 0 Å². The summed E-state index contributed by atoms with van der Waals surface area (Å²) >= 11 is 0. The van der Waals surface area contributed by atoms with E-state index in [-0.39, 0.29) is 11.7 Å². The number of ether oxygens (including phenoxy) is 1. The van der Waals surface area contributed by atoms with Crippen molar-refractivity contribution in [3.8, 4) is 0 Å². The van der Waals surface area contributed by atoms with E-state index in [0.29, 0.717) is 56.9 Å². The molecule has 27 heavy (non-hydrogen) atoms. The number of benzene rings is 1. The number of carbonyl (C=O) groups is 1. The summed E-state index contributed by atoms with van der Waals surface area (Å²) in [7, 11) is 0. The Labute approximate surface area is 157 Å². The van der Waals surface area contributed by atoms with Crippen molar-refractivity contribution >= 4 is 16.8 Å². The van der Waals surface area contributed by atoms with Crippen LogP contribution in [0.5, 0.6) is 0 Å². The van der Waals surface area contributed by atoms with Crippen LogP contribution in [0.4, 0.5) is 4.39 Å². The number of nitrogens with one attached hydrogen (secondary N) is 1. The number of aliphatic hydroxyl groups is 1. The van der Waals surface area contributed by atoms with Gasteiger partial charge in [0.05, 0.1) is 18.8 Å². The predicted molar refractivity (Wildman–Crippen MR) is 100 cm³/mol. The summed E-state index contributed by atoms with van der Waals surface area (Å²) in [5.41, 5.74) is 0.321. The van der Waals surface area contributed by atoms with Gasteiger partial charge in [-0.15, -0.1) is 0 Å². The molecule has 1 atom stereocenters. The lowest BCUT2D eigenvalue weighted by atomic mass is 9.94. The molecule has 3 heterocycles. The SMILES string of the molecule is O=C(c1cc2ccc(F)cc2[nH]1)N1CCC[C@](O)(CN2CCOCC2)CC1. The number of hydrogen-bond acceptors (Lipinski definition) is 4. The summed E-state index contributed by atoms with van der Waals surface area (Å²) < 4.78 is 18.8. The monoisotopic (exact) mass is 375 g/mol. The molecule has 146 valence electrons. The summed E-state index contributed by atoms with van der Waals surface area (Å²) in [5.74, 6) is -0.423. The molecule has 1 amide bonds. The number of aromatic amines is 1. The van der Waals surface area contributed by atoms with Crippen molar-refractivity contribution in [2.45, 2.75) is 24.9 Å². The first-order chi connectivity index (χ1) is 13.0. The summed E-state index contributed by atoms with van der Waals surface area (Å²) in [5, 5.41) is 11.9. The first-order valence-electron chi connectivity index (χ1n) is 9.62.